The molecule has 1 aromatic heterocycles. The van der Waals surface area contributed by atoms with Crippen molar-refractivity contribution in [3.8, 4) is 5.75 Å². The first-order valence-electron chi connectivity index (χ1n) is 10.5. The van der Waals surface area contributed by atoms with Gasteiger partial charge in [0.2, 0.25) is 11.8 Å². The number of thiophene rings is 1. The van der Waals surface area contributed by atoms with Crippen LogP contribution in [0.1, 0.15) is 43.2 Å². The molecule has 0 spiro atoms. The van der Waals surface area contributed by atoms with Gasteiger partial charge in [-0.1, -0.05) is 26.0 Å². The van der Waals surface area contributed by atoms with E-state index in [-0.39, 0.29) is 48.7 Å². The lowest BCUT2D eigenvalue weighted by Gasteiger charge is -2.37. The molecule has 0 bridgehead atoms. The Kier molecular flexibility index (Phi) is 6.09. The van der Waals surface area contributed by atoms with Crippen LogP contribution in [0.15, 0.2) is 35.7 Å². The number of ether oxygens (including phenoxy) is 1. The maximum absolute atomic E-state index is 14.0. The lowest BCUT2D eigenvalue weighted by molar-refractivity contribution is -0.144. The van der Waals surface area contributed by atoms with Crippen LogP contribution in [-0.4, -0.2) is 47.4 Å². The van der Waals surface area contributed by atoms with Crippen LogP contribution in [0.3, 0.4) is 0 Å². The minimum absolute atomic E-state index is 0.0261. The van der Waals surface area contributed by atoms with E-state index in [0.717, 1.165) is 24.8 Å². The summed E-state index contributed by atoms with van der Waals surface area (Å²) in [5.41, 5.74) is 1.06. The van der Waals surface area contributed by atoms with Crippen LogP contribution in [0.2, 0.25) is 0 Å². The second-order valence-electron chi connectivity index (χ2n) is 8.25. The Labute approximate surface area is 180 Å². The zero-order valence-corrected chi connectivity index (χ0v) is 18.2. The second-order valence-corrected chi connectivity index (χ2v) is 9.25. The van der Waals surface area contributed by atoms with Crippen molar-refractivity contribution in [2.24, 2.45) is 5.92 Å². The lowest BCUT2D eigenvalue weighted by atomic mass is 10.00. The summed E-state index contributed by atoms with van der Waals surface area (Å²) < 4.78 is 19.8. The van der Waals surface area contributed by atoms with Crippen molar-refractivity contribution in [2.45, 2.75) is 45.2 Å². The Bertz CT molecular complexity index is 925. The van der Waals surface area contributed by atoms with Crippen molar-refractivity contribution in [3.05, 3.63) is 52.0 Å². The van der Waals surface area contributed by atoms with E-state index in [1.165, 1.54) is 10.9 Å². The zero-order chi connectivity index (χ0) is 21.3. The topological polar surface area (TPSA) is 49.9 Å². The fraction of sp³-hybridized carbons (Fsp3) is 0.478. The number of carbonyl (C=O) groups excluding carboxylic acids is 2. The lowest BCUT2D eigenvalue weighted by Crippen LogP contribution is -2.49. The van der Waals surface area contributed by atoms with E-state index in [2.05, 4.69) is 0 Å². The summed E-state index contributed by atoms with van der Waals surface area (Å²) in [6.07, 6.45) is 2.71. The normalized spacial score (nSPS) is 18.3. The number of halogens is 1. The van der Waals surface area contributed by atoms with Crippen molar-refractivity contribution < 1.29 is 18.7 Å². The Morgan fingerprint density at radius 3 is 2.73 bits per heavy atom. The number of benzene rings is 1. The van der Waals surface area contributed by atoms with Gasteiger partial charge in [-0.25, -0.2) is 4.39 Å². The Morgan fingerprint density at radius 2 is 2.03 bits per heavy atom. The number of fused-ring (bicyclic) bond motifs is 1. The van der Waals surface area contributed by atoms with Gasteiger partial charge in [-0.05, 0) is 48.4 Å². The number of para-hydroxylation sites is 1. The van der Waals surface area contributed by atoms with Gasteiger partial charge in [-0.15, -0.1) is 11.3 Å². The van der Waals surface area contributed by atoms with E-state index in [4.69, 9.17) is 4.74 Å². The van der Waals surface area contributed by atoms with E-state index < -0.39 is 5.82 Å². The molecule has 1 fully saturated rings. The van der Waals surface area contributed by atoms with Crippen molar-refractivity contribution >= 4 is 23.2 Å². The summed E-state index contributed by atoms with van der Waals surface area (Å²) in [4.78, 5) is 30.7. The largest absolute Gasteiger partial charge is 0.488 e. The van der Waals surface area contributed by atoms with Crippen LogP contribution < -0.4 is 4.74 Å². The molecule has 7 heteroatoms. The molecule has 1 unspecified atom stereocenters. The van der Waals surface area contributed by atoms with Gasteiger partial charge < -0.3 is 14.5 Å². The number of hydrogen-bond donors (Lipinski definition) is 0. The summed E-state index contributed by atoms with van der Waals surface area (Å²) >= 11 is 1.67. The predicted octanol–water partition coefficient (Wildman–Crippen LogP) is 4.04. The van der Waals surface area contributed by atoms with Crippen LogP contribution in [0.4, 0.5) is 4.39 Å². The molecule has 30 heavy (non-hydrogen) atoms. The molecule has 0 saturated heterocycles. The maximum Gasteiger partial charge on any atom is 0.242 e. The Hall–Kier alpha value is -2.41. The molecule has 160 valence electrons. The molecule has 4 rings (SSSR count). The quantitative estimate of drug-likeness (QED) is 0.666. The number of amides is 2. The number of rotatable bonds is 7. The third kappa shape index (κ3) is 4.36. The van der Waals surface area contributed by atoms with E-state index in [9.17, 15) is 14.0 Å². The molecule has 2 aromatic rings. The summed E-state index contributed by atoms with van der Waals surface area (Å²) in [5, 5.41) is 2.02. The SMILES string of the molecule is CC(C)C(=O)N(CC(=O)N1CCc2sccc2C1COc1ccccc1F)C1CC1. The fourth-order valence-electron chi connectivity index (χ4n) is 3.95. The highest BCUT2D eigenvalue weighted by molar-refractivity contribution is 7.10. The first-order valence-corrected chi connectivity index (χ1v) is 11.4. The third-order valence-corrected chi connectivity index (χ3v) is 6.72. The summed E-state index contributed by atoms with van der Waals surface area (Å²) in [7, 11) is 0. The fourth-order valence-corrected chi connectivity index (χ4v) is 4.87. The molecular weight excluding hydrogens is 403 g/mol. The van der Waals surface area contributed by atoms with Crippen LogP contribution in [0.25, 0.3) is 0 Å². The predicted molar refractivity (Wildman–Crippen MR) is 114 cm³/mol. The van der Waals surface area contributed by atoms with Crippen LogP contribution in [0, 0.1) is 11.7 Å². The summed E-state index contributed by atoms with van der Waals surface area (Å²) in [6, 6.07) is 8.21. The molecular formula is C23H27FN2O3S. The van der Waals surface area contributed by atoms with E-state index in [1.807, 2.05) is 25.3 Å². The molecule has 0 radical (unpaired) electrons. The standard InChI is InChI=1S/C23H27FN2O3S/c1-15(2)23(28)26(16-7-8-16)13-22(27)25-11-9-21-17(10-12-30-21)19(25)14-29-20-6-4-3-5-18(20)24/h3-6,10,12,15-16,19H,7-9,11,13-14H2,1-2H3. The highest BCUT2D eigenvalue weighted by Gasteiger charge is 2.38. The molecule has 2 aliphatic rings. The Morgan fingerprint density at radius 1 is 1.27 bits per heavy atom. The van der Waals surface area contributed by atoms with E-state index in [1.54, 1.807) is 39.3 Å². The minimum Gasteiger partial charge on any atom is -0.488 e. The van der Waals surface area contributed by atoms with Gasteiger partial charge in [0.1, 0.15) is 13.2 Å². The molecule has 0 N–H and O–H groups in total. The highest BCUT2D eigenvalue weighted by atomic mass is 32.1. The number of carbonyl (C=O) groups is 2. The minimum atomic E-state index is -0.417. The first-order chi connectivity index (χ1) is 14.5. The molecule has 1 aromatic carbocycles. The van der Waals surface area contributed by atoms with Gasteiger partial charge in [-0.3, -0.25) is 9.59 Å². The highest BCUT2D eigenvalue weighted by Crippen LogP contribution is 2.35. The van der Waals surface area contributed by atoms with Gasteiger partial charge in [0.15, 0.2) is 11.6 Å². The van der Waals surface area contributed by atoms with Crippen molar-refractivity contribution in [2.75, 3.05) is 19.7 Å². The molecule has 1 aliphatic carbocycles. The average Bonchev–Trinajstić information content (AvgIpc) is 3.46. The van der Waals surface area contributed by atoms with E-state index >= 15 is 0 Å². The molecule has 1 atom stereocenters. The first kappa shape index (κ1) is 20.8. The van der Waals surface area contributed by atoms with Crippen molar-refractivity contribution in [1.82, 2.24) is 9.80 Å². The number of nitrogens with zero attached hydrogens (tertiary/aromatic N) is 2. The van der Waals surface area contributed by atoms with Crippen LogP contribution >= 0.6 is 11.3 Å². The average molecular weight is 431 g/mol. The van der Waals surface area contributed by atoms with Gasteiger partial charge in [0, 0.05) is 23.4 Å². The molecule has 5 nitrogen and oxygen atoms in total. The smallest absolute Gasteiger partial charge is 0.242 e. The monoisotopic (exact) mass is 430 g/mol. The van der Waals surface area contributed by atoms with Gasteiger partial charge in [-0.2, -0.15) is 0 Å². The zero-order valence-electron chi connectivity index (χ0n) is 17.3. The van der Waals surface area contributed by atoms with Crippen molar-refractivity contribution in [3.63, 3.8) is 0 Å². The van der Waals surface area contributed by atoms with Gasteiger partial charge >= 0.3 is 0 Å². The van der Waals surface area contributed by atoms with Crippen LogP contribution in [-0.2, 0) is 16.0 Å². The van der Waals surface area contributed by atoms with Gasteiger partial charge in [0.05, 0.1) is 6.04 Å². The third-order valence-electron chi connectivity index (χ3n) is 5.72. The molecule has 2 amide bonds. The van der Waals surface area contributed by atoms with Gasteiger partial charge in [0.25, 0.3) is 0 Å². The Balaban J connectivity index is 1.52. The number of hydrogen-bond acceptors (Lipinski definition) is 4. The summed E-state index contributed by atoms with van der Waals surface area (Å²) in [5.74, 6) is -0.419. The molecule has 2 heterocycles. The van der Waals surface area contributed by atoms with E-state index in [0.29, 0.717) is 6.54 Å². The maximum atomic E-state index is 14.0. The second kappa shape index (κ2) is 8.76. The van der Waals surface area contributed by atoms with Crippen molar-refractivity contribution in [1.29, 1.82) is 0 Å². The summed E-state index contributed by atoms with van der Waals surface area (Å²) in [6.45, 7) is 4.58. The van der Waals surface area contributed by atoms with Crippen LogP contribution in [0.5, 0.6) is 5.75 Å². The molecule has 1 saturated carbocycles. The molecule has 1 aliphatic heterocycles.